The molecule has 1 N–H and O–H groups in total. The Morgan fingerprint density at radius 3 is 2.35 bits per heavy atom. The molecule has 0 spiro atoms. The summed E-state index contributed by atoms with van der Waals surface area (Å²) in [5, 5.41) is 4.38. The lowest BCUT2D eigenvalue weighted by Gasteiger charge is -2.39. The van der Waals surface area contributed by atoms with Crippen molar-refractivity contribution < 1.29 is 9.47 Å². The van der Waals surface area contributed by atoms with Crippen LogP contribution in [0.15, 0.2) is 91.1 Å². The molecule has 1 aliphatic heterocycles. The van der Waals surface area contributed by atoms with E-state index in [0.29, 0.717) is 6.61 Å². The van der Waals surface area contributed by atoms with Gasteiger partial charge in [0.25, 0.3) is 0 Å². The van der Waals surface area contributed by atoms with Gasteiger partial charge in [-0.3, -0.25) is 0 Å². The topological polar surface area (TPSA) is 30.5 Å². The third-order valence-electron chi connectivity index (χ3n) is 5.93. The lowest BCUT2D eigenvalue weighted by atomic mass is 9.86. The van der Waals surface area contributed by atoms with Crippen molar-refractivity contribution in [2.24, 2.45) is 0 Å². The van der Waals surface area contributed by atoms with Gasteiger partial charge in [-0.15, -0.1) is 0 Å². The van der Waals surface area contributed by atoms with Gasteiger partial charge in [-0.25, -0.2) is 0 Å². The van der Waals surface area contributed by atoms with Crippen molar-refractivity contribution >= 4 is 11.6 Å². The van der Waals surface area contributed by atoms with E-state index in [1.165, 1.54) is 11.1 Å². The molecule has 1 heterocycles. The molecule has 3 nitrogen and oxygen atoms in total. The van der Waals surface area contributed by atoms with Gasteiger partial charge in [0.1, 0.15) is 6.61 Å². The summed E-state index contributed by atoms with van der Waals surface area (Å²) in [4.78, 5) is 0. The van der Waals surface area contributed by atoms with Crippen LogP contribution in [0.1, 0.15) is 30.9 Å². The van der Waals surface area contributed by atoms with Crippen LogP contribution in [0.2, 0.25) is 5.02 Å². The molecule has 0 saturated heterocycles. The summed E-state index contributed by atoms with van der Waals surface area (Å²) in [5.74, 6) is 1.76. The molecule has 0 saturated carbocycles. The Labute approximate surface area is 189 Å². The van der Waals surface area contributed by atoms with Gasteiger partial charge in [0.05, 0.1) is 5.70 Å². The molecule has 0 radical (unpaired) electrons. The van der Waals surface area contributed by atoms with Crippen LogP contribution in [-0.4, -0.2) is 18.2 Å². The van der Waals surface area contributed by atoms with E-state index in [-0.39, 0.29) is 12.0 Å². The predicted octanol–water partition coefficient (Wildman–Crippen LogP) is 6.39. The number of ether oxygens (including phenoxy) is 2. The fourth-order valence-corrected chi connectivity index (χ4v) is 4.10. The van der Waals surface area contributed by atoms with Gasteiger partial charge in [-0.2, -0.15) is 0 Å². The van der Waals surface area contributed by atoms with Gasteiger partial charge >= 0.3 is 0 Å². The number of para-hydroxylation sites is 2. The maximum absolute atomic E-state index is 6.30. The van der Waals surface area contributed by atoms with Crippen LogP contribution < -0.4 is 14.8 Å². The predicted molar refractivity (Wildman–Crippen MR) is 127 cm³/mol. The number of benzene rings is 3. The highest BCUT2D eigenvalue weighted by Crippen LogP contribution is 2.37. The minimum Gasteiger partial charge on any atom is -0.485 e. The van der Waals surface area contributed by atoms with Crippen molar-refractivity contribution in [3.05, 3.63) is 107 Å². The molecule has 31 heavy (non-hydrogen) atoms. The molecule has 0 aromatic heterocycles. The normalized spacial score (nSPS) is 19.3. The molecule has 4 rings (SSSR count). The second kappa shape index (κ2) is 9.07. The molecule has 160 valence electrons. The SMILES string of the molecule is C=C(NC(C)C(Cc1ccc(Cl)cc1)c1ccccc1)C1(C)COc2ccccc2O1. The molecule has 3 aromatic carbocycles. The molecular weight excluding hydrogens is 406 g/mol. The highest BCUT2D eigenvalue weighted by Gasteiger charge is 2.37. The van der Waals surface area contributed by atoms with Crippen LogP contribution in [-0.2, 0) is 6.42 Å². The van der Waals surface area contributed by atoms with Gasteiger partial charge in [-0.1, -0.05) is 72.8 Å². The summed E-state index contributed by atoms with van der Waals surface area (Å²) in [6.45, 7) is 8.95. The summed E-state index contributed by atoms with van der Waals surface area (Å²) in [5.41, 5.74) is 2.69. The highest BCUT2D eigenvalue weighted by molar-refractivity contribution is 6.30. The van der Waals surface area contributed by atoms with Crippen LogP contribution in [0.5, 0.6) is 11.5 Å². The van der Waals surface area contributed by atoms with Crippen LogP contribution in [0.4, 0.5) is 0 Å². The lowest BCUT2D eigenvalue weighted by Crippen LogP contribution is -2.50. The van der Waals surface area contributed by atoms with E-state index in [1.807, 2.05) is 49.4 Å². The lowest BCUT2D eigenvalue weighted by molar-refractivity contribution is 0.0290. The zero-order valence-corrected chi connectivity index (χ0v) is 18.7. The van der Waals surface area contributed by atoms with Crippen LogP contribution in [0.3, 0.4) is 0 Å². The Bertz CT molecular complexity index is 1030. The smallest absolute Gasteiger partial charge is 0.179 e. The first-order valence-corrected chi connectivity index (χ1v) is 11.0. The van der Waals surface area contributed by atoms with E-state index in [1.54, 1.807) is 0 Å². The Morgan fingerprint density at radius 1 is 1.00 bits per heavy atom. The molecule has 3 atom stereocenters. The maximum Gasteiger partial charge on any atom is 0.179 e. The van der Waals surface area contributed by atoms with E-state index in [9.17, 15) is 0 Å². The molecule has 0 amide bonds. The number of nitrogens with one attached hydrogen (secondary N) is 1. The molecule has 1 aliphatic rings. The molecule has 0 bridgehead atoms. The number of hydrogen-bond donors (Lipinski definition) is 1. The minimum atomic E-state index is -0.649. The zero-order chi connectivity index (χ0) is 21.8. The monoisotopic (exact) mass is 433 g/mol. The first kappa shape index (κ1) is 21.3. The number of halogens is 1. The second-order valence-electron chi connectivity index (χ2n) is 8.33. The maximum atomic E-state index is 6.30. The van der Waals surface area contributed by atoms with Crippen LogP contribution in [0, 0.1) is 0 Å². The van der Waals surface area contributed by atoms with Crippen LogP contribution in [0.25, 0.3) is 0 Å². The van der Waals surface area contributed by atoms with Crippen molar-refractivity contribution in [1.29, 1.82) is 0 Å². The third kappa shape index (κ3) is 4.88. The van der Waals surface area contributed by atoms with Gasteiger partial charge < -0.3 is 14.8 Å². The summed E-state index contributed by atoms with van der Waals surface area (Å²) in [7, 11) is 0. The molecule has 3 aromatic rings. The van der Waals surface area contributed by atoms with Gasteiger partial charge in [-0.05, 0) is 55.7 Å². The Balaban J connectivity index is 1.52. The van der Waals surface area contributed by atoms with Crippen molar-refractivity contribution in [3.8, 4) is 11.5 Å². The van der Waals surface area contributed by atoms with Crippen LogP contribution >= 0.6 is 11.6 Å². The number of rotatable bonds is 7. The molecular formula is C27H28ClNO2. The van der Waals surface area contributed by atoms with Crippen molar-refractivity contribution in [2.75, 3.05) is 6.61 Å². The Hall–Kier alpha value is -2.91. The molecule has 0 fully saturated rings. The van der Waals surface area contributed by atoms with E-state index < -0.39 is 5.60 Å². The minimum absolute atomic E-state index is 0.128. The van der Waals surface area contributed by atoms with Crippen molar-refractivity contribution in [2.45, 2.75) is 37.8 Å². The highest BCUT2D eigenvalue weighted by atomic mass is 35.5. The van der Waals surface area contributed by atoms with E-state index in [4.69, 9.17) is 21.1 Å². The van der Waals surface area contributed by atoms with Crippen molar-refractivity contribution in [3.63, 3.8) is 0 Å². The Morgan fingerprint density at radius 2 is 1.65 bits per heavy atom. The number of fused-ring (bicyclic) bond motifs is 1. The largest absolute Gasteiger partial charge is 0.485 e. The van der Waals surface area contributed by atoms with E-state index in [0.717, 1.165) is 28.6 Å². The third-order valence-corrected chi connectivity index (χ3v) is 6.18. The fourth-order valence-electron chi connectivity index (χ4n) is 3.98. The molecule has 0 aliphatic carbocycles. The zero-order valence-electron chi connectivity index (χ0n) is 18.0. The quantitative estimate of drug-likeness (QED) is 0.468. The number of hydrogen-bond acceptors (Lipinski definition) is 3. The second-order valence-corrected chi connectivity index (χ2v) is 8.76. The molecule has 3 unspecified atom stereocenters. The van der Waals surface area contributed by atoms with E-state index >= 15 is 0 Å². The van der Waals surface area contributed by atoms with Gasteiger partial charge in [0, 0.05) is 17.0 Å². The first-order chi connectivity index (χ1) is 14.9. The average molecular weight is 434 g/mol. The van der Waals surface area contributed by atoms with E-state index in [2.05, 4.69) is 55.2 Å². The summed E-state index contributed by atoms with van der Waals surface area (Å²) in [6, 6.07) is 26.5. The average Bonchev–Trinajstić information content (AvgIpc) is 2.79. The Kier molecular flexibility index (Phi) is 6.24. The summed E-state index contributed by atoms with van der Waals surface area (Å²) in [6.07, 6.45) is 0.888. The molecule has 4 heteroatoms. The van der Waals surface area contributed by atoms with Gasteiger partial charge in [0.15, 0.2) is 17.1 Å². The fraction of sp³-hybridized carbons (Fsp3) is 0.259. The van der Waals surface area contributed by atoms with Crippen molar-refractivity contribution in [1.82, 2.24) is 5.32 Å². The summed E-state index contributed by atoms with van der Waals surface area (Å²) < 4.78 is 12.3. The first-order valence-electron chi connectivity index (χ1n) is 10.6. The summed E-state index contributed by atoms with van der Waals surface area (Å²) >= 11 is 6.08. The van der Waals surface area contributed by atoms with Gasteiger partial charge in [0.2, 0.25) is 0 Å². The standard InChI is InChI=1S/C27H28ClNO2/c1-19(29-20(2)27(3)18-30-25-11-7-8-12-26(25)31-27)24(22-9-5-4-6-10-22)17-21-13-15-23(28)16-14-21/h4-16,19,24,29H,2,17-18H2,1,3H3.